The van der Waals surface area contributed by atoms with Crippen molar-refractivity contribution in [2.45, 2.75) is 38.7 Å². The van der Waals surface area contributed by atoms with Gasteiger partial charge in [-0.3, -0.25) is 4.79 Å². The highest BCUT2D eigenvalue weighted by Crippen LogP contribution is 2.27. The molecule has 80 valence electrons. The van der Waals surface area contributed by atoms with Crippen molar-refractivity contribution < 1.29 is 9.53 Å². The van der Waals surface area contributed by atoms with Crippen molar-refractivity contribution in [2.75, 3.05) is 13.1 Å². The zero-order valence-electron chi connectivity index (χ0n) is 8.79. The number of carbonyl (C=O) groups is 1. The molecule has 0 bridgehead atoms. The molecule has 1 aliphatic carbocycles. The highest BCUT2D eigenvalue weighted by atomic mass is 16.5. The predicted octanol–water partition coefficient (Wildman–Crippen LogP) is 1.33. The summed E-state index contributed by atoms with van der Waals surface area (Å²) in [5.41, 5.74) is 0. The molecule has 2 rings (SSSR count). The molecule has 0 aromatic heterocycles. The van der Waals surface area contributed by atoms with E-state index in [1.807, 2.05) is 0 Å². The fourth-order valence-corrected chi connectivity index (χ4v) is 2.16. The Hall–Kier alpha value is -0.570. The minimum Gasteiger partial charge on any atom is -0.462 e. The van der Waals surface area contributed by atoms with E-state index >= 15 is 0 Å². The highest BCUT2D eigenvalue weighted by molar-refractivity contribution is 5.74. The van der Waals surface area contributed by atoms with Gasteiger partial charge in [-0.15, -0.1) is 0 Å². The van der Waals surface area contributed by atoms with Crippen LogP contribution in [0.1, 0.15) is 32.6 Å². The second kappa shape index (κ2) is 4.30. The van der Waals surface area contributed by atoms with Crippen LogP contribution in [0, 0.1) is 11.8 Å². The molecule has 0 aromatic rings. The van der Waals surface area contributed by atoms with Gasteiger partial charge in [0.05, 0.1) is 5.92 Å². The zero-order valence-corrected chi connectivity index (χ0v) is 8.79. The number of hydrogen-bond acceptors (Lipinski definition) is 3. The topological polar surface area (TPSA) is 38.3 Å². The van der Waals surface area contributed by atoms with E-state index in [9.17, 15) is 4.79 Å². The largest absolute Gasteiger partial charge is 0.462 e. The molecule has 14 heavy (non-hydrogen) atoms. The lowest BCUT2D eigenvalue weighted by atomic mass is 9.88. The Morgan fingerprint density at radius 3 is 2.57 bits per heavy atom. The first kappa shape index (κ1) is 9.97. The van der Waals surface area contributed by atoms with E-state index in [0.717, 1.165) is 19.5 Å². The Bertz CT molecular complexity index is 213. The second-order valence-corrected chi connectivity index (χ2v) is 4.59. The molecule has 1 N–H and O–H groups in total. The number of ether oxygens (including phenoxy) is 1. The van der Waals surface area contributed by atoms with Crippen molar-refractivity contribution in [3.63, 3.8) is 0 Å². The molecule has 0 aromatic carbocycles. The molecule has 0 spiro atoms. The van der Waals surface area contributed by atoms with Gasteiger partial charge in [-0.25, -0.2) is 0 Å². The summed E-state index contributed by atoms with van der Waals surface area (Å²) in [7, 11) is 0. The normalized spacial score (nSPS) is 33.5. The summed E-state index contributed by atoms with van der Waals surface area (Å²) in [6.45, 7) is 3.80. The summed E-state index contributed by atoms with van der Waals surface area (Å²) < 4.78 is 5.53. The highest BCUT2D eigenvalue weighted by Gasteiger charge is 2.31. The maximum atomic E-state index is 11.6. The van der Waals surface area contributed by atoms with Crippen LogP contribution in [0.4, 0.5) is 0 Å². The number of esters is 1. The number of hydrogen-bond donors (Lipinski definition) is 1. The molecule has 0 amide bonds. The number of carbonyl (C=O) groups excluding carboxylic acids is 1. The molecule has 1 aliphatic heterocycles. The van der Waals surface area contributed by atoms with Gasteiger partial charge in [-0.2, -0.15) is 0 Å². The van der Waals surface area contributed by atoms with E-state index < -0.39 is 0 Å². The predicted molar refractivity (Wildman–Crippen MR) is 53.9 cm³/mol. The van der Waals surface area contributed by atoms with Crippen LogP contribution in [-0.2, 0) is 9.53 Å². The average Bonchev–Trinajstić information content (AvgIpc) is 2.05. The van der Waals surface area contributed by atoms with Crippen molar-refractivity contribution in [3.8, 4) is 0 Å². The van der Waals surface area contributed by atoms with Gasteiger partial charge in [0.1, 0.15) is 6.10 Å². The molecule has 2 unspecified atom stereocenters. The van der Waals surface area contributed by atoms with Crippen molar-refractivity contribution in [2.24, 2.45) is 11.8 Å². The maximum Gasteiger partial charge on any atom is 0.311 e. The summed E-state index contributed by atoms with van der Waals surface area (Å²) in [6.07, 6.45) is 4.97. The quantitative estimate of drug-likeness (QED) is 0.679. The maximum absolute atomic E-state index is 11.6. The van der Waals surface area contributed by atoms with Crippen molar-refractivity contribution in [3.05, 3.63) is 0 Å². The SMILES string of the molecule is CC1CCCCC1OC(=O)C1CNC1. The molecule has 1 heterocycles. The smallest absolute Gasteiger partial charge is 0.311 e. The van der Waals surface area contributed by atoms with Crippen LogP contribution in [0.15, 0.2) is 0 Å². The molecule has 3 nitrogen and oxygen atoms in total. The summed E-state index contributed by atoms with van der Waals surface area (Å²) in [5, 5.41) is 3.09. The van der Waals surface area contributed by atoms with Crippen LogP contribution < -0.4 is 5.32 Å². The number of nitrogens with one attached hydrogen (secondary N) is 1. The van der Waals surface area contributed by atoms with E-state index in [2.05, 4.69) is 12.2 Å². The van der Waals surface area contributed by atoms with Gasteiger partial charge >= 0.3 is 5.97 Å². The lowest BCUT2D eigenvalue weighted by Crippen LogP contribution is -2.48. The molecule has 2 aliphatic rings. The third-order valence-corrected chi connectivity index (χ3v) is 3.42. The Balaban J connectivity index is 1.79. The third kappa shape index (κ3) is 2.08. The van der Waals surface area contributed by atoms with E-state index in [0.29, 0.717) is 5.92 Å². The summed E-state index contributed by atoms with van der Waals surface area (Å²) in [5.74, 6) is 0.701. The second-order valence-electron chi connectivity index (χ2n) is 4.59. The minimum atomic E-state index is 0.0162. The van der Waals surface area contributed by atoms with Gasteiger partial charge in [0.25, 0.3) is 0 Å². The molecule has 2 fully saturated rings. The Kier molecular flexibility index (Phi) is 3.06. The van der Waals surface area contributed by atoms with Crippen molar-refractivity contribution in [1.82, 2.24) is 5.32 Å². The third-order valence-electron chi connectivity index (χ3n) is 3.42. The molecule has 2 atom stereocenters. The summed E-state index contributed by atoms with van der Waals surface area (Å²) in [6, 6.07) is 0. The average molecular weight is 197 g/mol. The monoisotopic (exact) mass is 197 g/mol. The van der Waals surface area contributed by atoms with Crippen LogP contribution in [-0.4, -0.2) is 25.2 Å². The molecule has 0 radical (unpaired) electrons. The van der Waals surface area contributed by atoms with Crippen LogP contribution in [0.5, 0.6) is 0 Å². The lowest BCUT2D eigenvalue weighted by molar-refractivity contribution is -0.160. The van der Waals surface area contributed by atoms with E-state index in [1.54, 1.807) is 0 Å². The van der Waals surface area contributed by atoms with Crippen molar-refractivity contribution in [1.29, 1.82) is 0 Å². The number of rotatable bonds is 2. The fourth-order valence-electron chi connectivity index (χ4n) is 2.16. The molecular weight excluding hydrogens is 178 g/mol. The van der Waals surface area contributed by atoms with Crippen LogP contribution in [0.2, 0.25) is 0 Å². The van der Waals surface area contributed by atoms with E-state index in [-0.39, 0.29) is 18.0 Å². The van der Waals surface area contributed by atoms with E-state index in [4.69, 9.17) is 4.74 Å². The first-order valence-corrected chi connectivity index (χ1v) is 5.68. The molecule has 3 heteroatoms. The Morgan fingerprint density at radius 1 is 1.29 bits per heavy atom. The van der Waals surface area contributed by atoms with Crippen LogP contribution in [0.3, 0.4) is 0 Å². The molecular formula is C11H19NO2. The lowest BCUT2D eigenvalue weighted by Gasteiger charge is -2.32. The van der Waals surface area contributed by atoms with Gasteiger partial charge in [0, 0.05) is 13.1 Å². The van der Waals surface area contributed by atoms with Crippen molar-refractivity contribution >= 4 is 5.97 Å². The standard InChI is InChI=1S/C11H19NO2/c1-8-4-2-3-5-10(8)14-11(13)9-6-12-7-9/h8-10,12H,2-7H2,1H3. The van der Waals surface area contributed by atoms with E-state index in [1.165, 1.54) is 19.3 Å². The van der Waals surface area contributed by atoms with Gasteiger partial charge in [-0.05, 0) is 25.2 Å². The Labute approximate surface area is 85.2 Å². The zero-order chi connectivity index (χ0) is 9.97. The van der Waals surface area contributed by atoms with Gasteiger partial charge < -0.3 is 10.1 Å². The van der Waals surface area contributed by atoms with Gasteiger partial charge in [0.2, 0.25) is 0 Å². The van der Waals surface area contributed by atoms with Crippen LogP contribution >= 0.6 is 0 Å². The summed E-state index contributed by atoms with van der Waals surface area (Å²) >= 11 is 0. The van der Waals surface area contributed by atoms with Gasteiger partial charge in [-0.1, -0.05) is 13.3 Å². The van der Waals surface area contributed by atoms with Gasteiger partial charge in [0.15, 0.2) is 0 Å². The molecule has 1 saturated heterocycles. The fraction of sp³-hybridized carbons (Fsp3) is 0.909. The van der Waals surface area contributed by atoms with Crippen LogP contribution in [0.25, 0.3) is 0 Å². The summed E-state index contributed by atoms with van der Waals surface area (Å²) in [4.78, 5) is 11.6. The first-order chi connectivity index (χ1) is 6.77. The first-order valence-electron chi connectivity index (χ1n) is 5.68. The Morgan fingerprint density at radius 2 is 2.00 bits per heavy atom. The molecule has 1 saturated carbocycles. The minimum absolute atomic E-state index is 0.0162.